The lowest BCUT2D eigenvalue weighted by atomic mass is 10.1. The zero-order valence-corrected chi connectivity index (χ0v) is 33.5. The molecule has 9 heteroatoms. The van der Waals surface area contributed by atoms with Crippen LogP contribution in [0, 0.1) is 0 Å². The molecule has 0 spiro atoms. The van der Waals surface area contributed by atoms with Crippen LogP contribution in [-0.2, 0) is 48.0 Å². The fourth-order valence-electron chi connectivity index (χ4n) is 7.53. The van der Waals surface area contributed by atoms with E-state index in [0.29, 0.717) is 0 Å². The van der Waals surface area contributed by atoms with Gasteiger partial charge in [-0.3, -0.25) is 4.90 Å². The summed E-state index contributed by atoms with van der Waals surface area (Å²) in [4.78, 5) is 29.0. The number of amides is 1. The van der Waals surface area contributed by atoms with Gasteiger partial charge in [0.15, 0.2) is 0 Å². The van der Waals surface area contributed by atoms with Gasteiger partial charge in [-0.15, -0.1) is 0 Å². The molecule has 1 saturated heterocycles. The van der Waals surface area contributed by atoms with Crippen molar-refractivity contribution in [2.45, 2.75) is 69.9 Å². The Kier molecular flexibility index (Phi) is 13.7. The minimum absolute atomic E-state index is 0.0526. The molecule has 0 saturated carbocycles. The van der Waals surface area contributed by atoms with Crippen LogP contribution >= 0.6 is 0 Å². The van der Waals surface area contributed by atoms with Crippen LogP contribution in [-0.4, -0.2) is 63.3 Å². The van der Waals surface area contributed by atoms with Crippen LogP contribution in [0.15, 0.2) is 164 Å². The Morgan fingerprint density at radius 3 is 1.50 bits per heavy atom. The molecule has 1 aliphatic rings. The van der Waals surface area contributed by atoms with Crippen LogP contribution in [0.5, 0.6) is 0 Å². The lowest BCUT2D eigenvalue weighted by Gasteiger charge is -2.44. The Labute approximate surface area is 331 Å². The maximum atomic E-state index is 14.7. The fraction of sp³-hybridized carbons (Fsp3) is 0.277. The maximum Gasteiger partial charge on any atom is 0.411 e. The molecule has 1 amide bonds. The second-order valence-electron chi connectivity index (χ2n) is 14.9. The molecule has 0 radical (unpaired) electrons. The van der Waals surface area contributed by atoms with Crippen LogP contribution in [0.3, 0.4) is 0 Å². The van der Waals surface area contributed by atoms with Gasteiger partial charge in [0.25, 0.3) is 8.32 Å². The van der Waals surface area contributed by atoms with Crippen molar-refractivity contribution in [3.8, 4) is 0 Å². The molecule has 5 aromatic carbocycles. The first-order chi connectivity index (χ1) is 27.2. The van der Waals surface area contributed by atoms with Gasteiger partial charge < -0.3 is 23.4 Å². The number of methoxy groups -OCH3 is 1. The molecule has 0 bridgehead atoms. The van der Waals surface area contributed by atoms with E-state index in [2.05, 4.69) is 45.0 Å². The monoisotopic (exact) mass is 769 g/mol. The molecule has 0 unspecified atom stereocenters. The van der Waals surface area contributed by atoms with E-state index in [9.17, 15) is 9.59 Å². The van der Waals surface area contributed by atoms with E-state index in [1.54, 1.807) is 11.0 Å². The second kappa shape index (κ2) is 19.0. The Morgan fingerprint density at radius 2 is 1.05 bits per heavy atom. The summed E-state index contributed by atoms with van der Waals surface area (Å²) in [6.45, 7) is 7.31. The van der Waals surface area contributed by atoms with Gasteiger partial charge in [-0.1, -0.05) is 179 Å². The maximum absolute atomic E-state index is 14.7. The number of carbonyl (C=O) groups excluding carboxylic acids is 2. The normalized spacial score (nSPS) is 18.5. The summed E-state index contributed by atoms with van der Waals surface area (Å²) in [7, 11) is -1.77. The third-order valence-corrected chi connectivity index (χ3v) is 15.2. The number of esters is 1. The summed E-state index contributed by atoms with van der Waals surface area (Å²) in [5.74, 6) is -0.557. The predicted octanol–water partition coefficient (Wildman–Crippen LogP) is 7.85. The number of carbonyl (C=O) groups is 2. The van der Waals surface area contributed by atoms with Crippen molar-refractivity contribution < 1.29 is 33.0 Å². The Morgan fingerprint density at radius 1 is 0.625 bits per heavy atom. The number of ether oxygens (including phenoxy) is 4. The van der Waals surface area contributed by atoms with Crippen molar-refractivity contribution in [1.29, 1.82) is 0 Å². The number of nitrogens with zero attached hydrogens (tertiary/aromatic N) is 1. The van der Waals surface area contributed by atoms with Crippen LogP contribution in [0.4, 0.5) is 4.79 Å². The van der Waals surface area contributed by atoms with E-state index >= 15 is 0 Å². The average molecular weight is 770 g/mol. The number of hydrogen-bond acceptors (Lipinski definition) is 7. The highest BCUT2D eigenvalue weighted by molar-refractivity contribution is 6.99. The van der Waals surface area contributed by atoms with Gasteiger partial charge in [0.2, 0.25) is 0 Å². The van der Waals surface area contributed by atoms with E-state index in [-0.39, 0.29) is 31.5 Å². The first-order valence-electron chi connectivity index (χ1n) is 19.0. The smallest absolute Gasteiger partial charge is 0.411 e. The third kappa shape index (κ3) is 9.54. The molecule has 0 N–H and O–H groups in total. The minimum Gasteiger partial charge on any atom is -0.466 e. The molecular formula is C47H51NO7Si. The zero-order chi connectivity index (χ0) is 39.4. The molecule has 4 atom stereocenters. The van der Waals surface area contributed by atoms with Gasteiger partial charge in [-0.25, -0.2) is 9.59 Å². The topological polar surface area (TPSA) is 83.5 Å². The van der Waals surface area contributed by atoms with Crippen molar-refractivity contribution in [1.82, 2.24) is 4.90 Å². The molecule has 56 heavy (non-hydrogen) atoms. The average Bonchev–Trinajstić information content (AvgIpc) is 3.53. The summed E-state index contributed by atoms with van der Waals surface area (Å²) < 4.78 is 32.3. The lowest BCUT2D eigenvalue weighted by molar-refractivity contribution is -0.134. The number of benzene rings is 5. The Balaban J connectivity index is 1.47. The summed E-state index contributed by atoms with van der Waals surface area (Å²) in [5, 5.41) is 1.88. The SMILES string of the molecule is COC(=O)/C=C/[C@@H]1[C@@H](OCc2ccccc2)[C@H](OCc2ccccc2)[C@H](CO[Si](c2ccccc2)(c2ccccc2)C(C)(C)C)N1C(=O)OCc1ccccc1. The van der Waals surface area contributed by atoms with Gasteiger partial charge in [-0.2, -0.15) is 0 Å². The van der Waals surface area contributed by atoms with Crippen molar-refractivity contribution in [3.63, 3.8) is 0 Å². The van der Waals surface area contributed by atoms with Crippen LogP contribution in [0.25, 0.3) is 0 Å². The molecule has 8 nitrogen and oxygen atoms in total. The molecule has 1 aliphatic heterocycles. The number of hydrogen-bond donors (Lipinski definition) is 0. The lowest BCUT2D eigenvalue weighted by Crippen LogP contribution is -2.67. The highest BCUT2D eigenvalue weighted by Gasteiger charge is 2.56. The van der Waals surface area contributed by atoms with E-state index < -0.39 is 44.7 Å². The van der Waals surface area contributed by atoms with Crippen molar-refractivity contribution in [2.24, 2.45) is 0 Å². The molecule has 6 rings (SSSR count). The fourth-order valence-corrected chi connectivity index (χ4v) is 12.1. The standard InChI is InChI=1S/C47H51NO7Si/c1-47(2,3)56(39-26-16-8-17-27-39,40-28-18-9-19-29-40)55-35-42-45(53-33-37-22-12-6-13-23-37)44(52-32-36-20-10-5-11-21-36)41(30-31-43(49)51-4)48(42)46(50)54-34-38-24-14-7-15-25-38/h5-31,41-42,44-45H,32-35H2,1-4H3/b31-30+/t41-,42+,44-,45-/m1/s1. The van der Waals surface area contributed by atoms with Gasteiger partial charge in [0.1, 0.15) is 18.8 Å². The second-order valence-corrected chi connectivity index (χ2v) is 19.2. The molecule has 290 valence electrons. The first kappa shape index (κ1) is 40.3. The molecule has 1 fully saturated rings. The molecule has 1 heterocycles. The van der Waals surface area contributed by atoms with E-state index in [1.807, 2.05) is 127 Å². The van der Waals surface area contributed by atoms with Crippen LogP contribution in [0.2, 0.25) is 5.04 Å². The zero-order valence-electron chi connectivity index (χ0n) is 32.5. The summed E-state index contributed by atoms with van der Waals surface area (Å²) >= 11 is 0. The third-order valence-electron chi connectivity index (χ3n) is 10.2. The van der Waals surface area contributed by atoms with Crippen molar-refractivity contribution >= 4 is 30.8 Å². The van der Waals surface area contributed by atoms with Crippen LogP contribution < -0.4 is 10.4 Å². The van der Waals surface area contributed by atoms with E-state index in [0.717, 1.165) is 27.1 Å². The van der Waals surface area contributed by atoms with Gasteiger partial charge in [0, 0.05) is 6.08 Å². The van der Waals surface area contributed by atoms with Gasteiger partial charge in [0.05, 0.1) is 39.0 Å². The van der Waals surface area contributed by atoms with E-state index in [4.69, 9.17) is 23.4 Å². The van der Waals surface area contributed by atoms with Gasteiger partial charge >= 0.3 is 12.1 Å². The van der Waals surface area contributed by atoms with Crippen molar-refractivity contribution in [2.75, 3.05) is 13.7 Å². The minimum atomic E-state index is -3.09. The first-order valence-corrected chi connectivity index (χ1v) is 20.9. The summed E-state index contributed by atoms with van der Waals surface area (Å²) in [5.41, 5.74) is 2.76. The Hall–Kier alpha value is -5.32. The molecule has 0 aromatic heterocycles. The van der Waals surface area contributed by atoms with Crippen LogP contribution in [0.1, 0.15) is 37.5 Å². The molecule has 5 aromatic rings. The number of likely N-dealkylation sites (tertiary alicyclic amines) is 1. The highest BCUT2D eigenvalue weighted by Crippen LogP contribution is 2.39. The largest absolute Gasteiger partial charge is 0.466 e. The number of rotatable bonds is 15. The summed E-state index contributed by atoms with van der Waals surface area (Å²) in [6.07, 6.45) is 0.988. The predicted molar refractivity (Wildman–Crippen MR) is 221 cm³/mol. The molecular weight excluding hydrogens is 719 g/mol. The Bertz CT molecular complexity index is 1950. The summed E-state index contributed by atoms with van der Waals surface area (Å²) in [6, 6.07) is 48.6. The highest BCUT2D eigenvalue weighted by atomic mass is 28.4. The van der Waals surface area contributed by atoms with Gasteiger partial charge in [-0.05, 0) is 32.1 Å². The quantitative estimate of drug-likeness (QED) is 0.0610. The molecule has 0 aliphatic carbocycles. The van der Waals surface area contributed by atoms with E-state index in [1.165, 1.54) is 13.2 Å². The van der Waals surface area contributed by atoms with Crippen molar-refractivity contribution in [3.05, 3.63) is 181 Å².